The van der Waals surface area contributed by atoms with E-state index < -0.39 is 0 Å². The van der Waals surface area contributed by atoms with Crippen LogP contribution >= 0.6 is 0 Å². The molecule has 0 aliphatic rings. The third kappa shape index (κ3) is 4.81. The first-order valence-corrected chi connectivity index (χ1v) is 7.87. The van der Waals surface area contributed by atoms with E-state index in [0.29, 0.717) is 12.4 Å². The van der Waals surface area contributed by atoms with Gasteiger partial charge in [0.1, 0.15) is 18.1 Å². The molecule has 2 aromatic carbocycles. The average molecular weight is 334 g/mol. The first kappa shape index (κ1) is 16.5. The van der Waals surface area contributed by atoms with Crippen molar-refractivity contribution < 1.29 is 13.9 Å². The number of carbonyl (C=O) groups excluding carboxylic acids is 1. The van der Waals surface area contributed by atoms with Crippen LogP contribution in [0.4, 0.5) is 0 Å². The monoisotopic (exact) mass is 334 g/mol. The lowest BCUT2D eigenvalue weighted by molar-refractivity contribution is 0.0926. The Morgan fingerprint density at radius 2 is 1.84 bits per heavy atom. The van der Waals surface area contributed by atoms with Crippen molar-refractivity contribution >= 4 is 12.1 Å². The van der Waals surface area contributed by atoms with E-state index in [9.17, 15) is 4.79 Å². The Kier molecular flexibility index (Phi) is 5.26. The van der Waals surface area contributed by atoms with Gasteiger partial charge in [-0.05, 0) is 54.4 Å². The molecule has 1 aromatic heterocycles. The van der Waals surface area contributed by atoms with Crippen molar-refractivity contribution in [3.05, 3.63) is 89.4 Å². The molecular weight excluding hydrogens is 316 g/mol. The Labute approximate surface area is 145 Å². The van der Waals surface area contributed by atoms with Gasteiger partial charge in [0, 0.05) is 0 Å². The van der Waals surface area contributed by atoms with Crippen molar-refractivity contribution in [2.24, 2.45) is 5.10 Å². The Morgan fingerprint density at radius 1 is 1.08 bits per heavy atom. The Balaban J connectivity index is 1.51. The van der Waals surface area contributed by atoms with Crippen molar-refractivity contribution in [3.63, 3.8) is 0 Å². The molecule has 5 nitrogen and oxygen atoms in total. The number of amides is 1. The average Bonchev–Trinajstić information content (AvgIpc) is 3.08. The number of ether oxygens (including phenoxy) is 1. The van der Waals surface area contributed by atoms with Crippen LogP contribution in [0.3, 0.4) is 0 Å². The maximum absolute atomic E-state index is 11.8. The van der Waals surface area contributed by atoms with Gasteiger partial charge in [0.15, 0.2) is 5.76 Å². The molecule has 0 spiro atoms. The highest BCUT2D eigenvalue weighted by Gasteiger charge is 2.07. The van der Waals surface area contributed by atoms with Crippen LogP contribution in [0.25, 0.3) is 0 Å². The molecule has 3 aromatic rings. The number of rotatable bonds is 6. The highest BCUT2D eigenvalue weighted by molar-refractivity contribution is 5.92. The zero-order valence-electron chi connectivity index (χ0n) is 13.8. The minimum Gasteiger partial charge on any atom is -0.489 e. The standard InChI is InChI=1S/C20H18N2O3/c1-15-7-12-19(25-15)20(23)22-21-13-16-8-10-18(11-9-16)24-14-17-5-3-2-4-6-17/h2-13H,14H2,1H3,(H,22,23)/b21-13-. The van der Waals surface area contributed by atoms with Crippen molar-refractivity contribution in [1.82, 2.24) is 5.43 Å². The van der Waals surface area contributed by atoms with Gasteiger partial charge < -0.3 is 9.15 Å². The molecule has 0 aliphatic carbocycles. The molecular formula is C20H18N2O3. The zero-order valence-corrected chi connectivity index (χ0v) is 13.8. The topological polar surface area (TPSA) is 63.8 Å². The van der Waals surface area contributed by atoms with Gasteiger partial charge in [-0.3, -0.25) is 4.79 Å². The molecule has 5 heteroatoms. The summed E-state index contributed by atoms with van der Waals surface area (Å²) < 4.78 is 10.9. The summed E-state index contributed by atoms with van der Waals surface area (Å²) >= 11 is 0. The van der Waals surface area contributed by atoms with Crippen LogP contribution in [0, 0.1) is 6.92 Å². The lowest BCUT2D eigenvalue weighted by Crippen LogP contribution is -2.16. The second kappa shape index (κ2) is 7.97. The quantitative estimate of drug-likeness (QED) is 0.549. The summed E-state index contributed by atoms with van der Waals surface area (Å²) in [4.78, 5) is 11.8. The summed E-state index contributed by atoms with van der Waals surface area (Å²) in [5.41, 5.74) is 4.39. The van der Waals surface area contributed by atoms with Crippen LogP contribution in [-0.2, 0) is 6.61 Å². The summed E-state index contributed by atoms with van der Waals surface area (Å²) in [6.07, 6.45) is 1.56. The molecule has 0 unspecified atom stereocenters. The molecule has 0 saturated heterocycles. The van der Waals surface area contributed by atoms with E-state index >= 15 is 0 Å². The first-order valence-electron chi connectivity index (χ1n) is 7.87. The molecule has 0 atom stereocenters. The van der Waals surface area contributed by atoms with Gasteiger partial charge >= 0.3 is 5.91 Å². The van der Waals surface area contributed by atoms with Crippen LogP contribution in [-0.4, -0.2) is 12.1 Å². The van der Waals surface area contributed by atoms with E-state index in [2.05, 4.69) is 10.5 Å². The normalized spacial score (nSPS) is 10.8. The van der Waals surface area contributed by atoms with Gasteiger partial charge in [-0.15, -0.1) is 0 Å². The number of hydrogen-bond acceptors (Lipinski definition) is 4. The number of benzene rings is 2. The summed E-state index contributed by atoms with van der Waals surface area (Å²) in [6.45, 7) is 2.30. The predicted octanol–water partition coefficient (Wildman–Crippen LogP) is 3.93. The van der Waals surface area contributed by atoms with Gasteiger partial charge in [-0.2, -0.15) is 5.10 Å². The zero-order chi connectivity index (χ0) is 17.5. The van der Waals surface area contributed by atoms with Gasteiger partial charge in [-0.1, -0.05) is 30.3 Å². The van der Waals surface area contributed by atoms with Crippen LogP contribution in [0.5, 0.6) is 5.75 Å². The molecule has 0 radical (unpaired) electrons. The van der Waals surface area contributed by atoms with Crippen molar-refractivity contribution in [3.8, 4) is 5.75 Å². The summed E-state index contributed by atoms with van der Waals surface area (Å²) in [6, 6.07) is 20.8. The Morgan fingerprint density at radius 3 is 2.52 bits per heavy atom. The molecule has 0 bridgehead atoms. The molecule has 1 amide bonds. The predicted molar refractivity (Wildman–Crippen MR) is 95.7 cm³/mol. The van der Waals surface area contributed by atoms with E-state index in [-0.39, 0.29) is 11.7 Å². The third-order valence-corrected chi connectivity index (χ3v) is 3.47. The van der Waals surface area contributed by atoms with Gasteiger partial charge in [0.2, 0.25) is 0 Å². The SMILES string of the molecule is Cc1ccc(C(=O)N/N=C\c2ccc(OCc3ccccc3)cc2)o1. The lowest BCUT2D eigenvalue weighted by Gasteiger charge is -2.06. The molecule has 0 aliphatic heterocycles. The number of nitrogens with zero attached hydrogens (tertiary/aromatic N) is 1. The second-order valence-electron chi connectivity index (χ2n) is 5.45. The minimum absolute atomic E-state index is 0.235. The number of nitrogens with one attached hydrogen (secondary N) is 1. The van der Waals surface area contributed by atoms with Crippen LogP contribution in [0.1, 0.15) is 27.4 Å². The molecule has 126 valence electrons. The highest BCUT2D eigenvalue weighted by atomic mass is 16.5. The Bertz CT molecular complexity index is 852. The fraction of sp³-hybridized carbons (Fsp3) is 0.100. The van der Waals surface area contributed by atoms with Crippen LogP contribution in [0.15, 0.2) is 76.2 Å². The largest absolute Gasteiger partial charge is 0.489 e. The fourth-order valence-electron chi connectivity index (χ4n) is 2.17. The van der Waals surface area contributed by atoms with Crippen LogP contribution < -0.4 is 10.2 Å². The summed E-state index contributed by atoms with van der Waals surface area (Å²) in [7, 11) is 0. The highest BCUT2D eigenvalue weighted by Crippen LogP contribution is 2.13. The molecule has 0 saturated carbocycles. The van der Waals surface area contributed by atoms with E-state index in [1.54, 1.807) is 25.3 Å². The van der Waals surface area contributed by atoms with Gasteiger partial charge in [0.25, 0.3) is 0 Å². The number of hydrazone groups is 1. The van der Waals surface area contributed by atoms with E-state index in [1.807, 2.05) is 54.6 Å². The maximum Gasteiger partial charge on any atom is 0.307 e. The number of aryl methyl sites for hydroxylation is 1. The first-order chi connectivity index (χ1) is 12.2. The molecule has 1 heterocycles. The lowest BCUT2D eigenvalue weighted by atomic mass is 10.2. The summed E-state index contributed by atoms with van der Waals surface area (Å²) in [5.74, 6) is 1.31. The van der Waals surface area contributed by atoms with Crippen molar-refractivity contribution in [2.75, 3.05) is 0 Å². The van der Waals surface area contributed by atoms with Gasteiger partial charge in [-0.25, -0.2) is 5.43 Å². The number of carbonyl (C=O) groups is 1. The minimum atomic E-state index is -0.382. The van der Waals surface area contributed by atoms with E-state index in [0.717, 1.165) is 16.9 Å². The number of furan rings is 1. The molecule has 25 heavy (non-hydrogen) atoms. The molecule has 1 N–H and O–H groups in total. The van der Waals surface area contributed by atoms with E-state index in [4.69, 9.17) is 9.15 Å². The van der Waals surface area contributed by atoms with Crippen molar-refractivity contribution in [1.29, 1.82) is 0 Å². The van der Waals surface area contributed by atoms with E-state index in [1.165, 1.54) is 0 Å². The fourth-order valence-corrected chi connectivity index (χ4v) is 2.17. The van der Waals surface area contributed by atoms with Gasteiger partial charge in [0.05, 0.1) is 6.21 Å². The number of hydrogen-bond donors (Lipinski definition) is 1. The molecule has 3 rings (SSSR count). The molecule has 0 fully saturated rings. The summed E-state index contributed by atoms with van der Waals surface area (Å²) in [5, 5.41) is 3.93. The third-order valence-electron chi connectivity index (χ3n) is 3.47. The van der Waals surface area contributed by atoms with Crippen LogP contribution in [0.2, 0.25) is 0 Å². The maximum atomic E-state index is 11.8. The van der Waals surface area contributed by atoms with Crippen molar-refractivity contribution in [2.45, 2.75) is 13.5 Å². The second-order valence-corrected chi connectivity index (χ2v) is 5.45. The smallest absolute Gasteiger partial charge is 0.307 e. The Hall–Kier alpha value is -3.34.